The third kappa shape index (κ3) is 5.79. The zero-order valence-corrected chi connectivity index (χ0v) is 18.6. The Labute approximate surface area is 178 Å². The van der Waals surface area contributed by atoms with Crippen molar-refractivity contribution in [2.24, 2.45) is 5.92 Å². The Morgan fingerprint density at radius 1 is 1.20 bits per heavy atom. The van der Waals surface area contributed by atoms with Crippen molar-refractivity contribution >= 4 is 27.5 Å². The van der Waals surface area contributed by atoms with Gasteiger partial charge in [-0.15, -0.1) is 0 Å². The van der Waals surface area contributed by atoms with Crippen molar-refractivity contribution in [1.82, 2.24) is 19.7 Å². The molecule has 1 saturated heterocycles. The maximum absolute atomic E-state index is 12.3. The van der Waals surface area contributed by atoms with Crippen molar-refractivity contribution in [1.29, 1.82) is 0 Å². The van der Waals surface area contributed by atoms with E-state index in [9.17, 15) is 8.42 Å². The summed E-state index contributed by atoms with van der Waals surface area (Å²) in [6.07, 6.45) is 5.91. The van der Waals surface area contributed by atoms with E-state index in [1.54, 1.807) is 18.5 Å². The van der Waals surface area contributed by atoms with E-state index in [4.69, 9.17) is 0 Å². The summed E-state index contributed by atoms with van der Waals surface area (Å²) in [5, 5.41) is 6.37. The molecule has 10 heteroatoms. The van der Waals surface area contributed by atoms with Crippen molar-refractivity contribution in [3.63, 3.8) is 0 Å². The van der Waals surface area contributed by atoms with Gasteiger partial charge in [0, 0.05) is 45.0 Å². The lowest BCUT2D eigenvalue weighted by molar-refractivity contribution is 0.551. The number of rotatable bonds is 10. The molecule has 2 aromatic rings. The fourth-order valence-corrected chi connectivity index (χ4v) is 4.41. The Morgan fingerprint density at radius 2 is 2.03 bits per heavy atom. The molecule has 0 aromatic carbocycles. The Kier molecular flexibility index (Phi) is 7.43. The van der Waals surface area contributed by atoms with Crippen LogP contribution in [0.5, 0.6) is 0 Å². The molecule has 9 nitrogen and oxygen atoms in total. The highest BCUT2D eigenvalue weighted by Gasteiger charge is 2.26. The summed E-state index contributed by atoms with van der Waals surface area (Å²) in [5.74, 6) is 2.79. The molecule has 1 fully saturated rings. The molecular weight excluding hydrogens is 402 g/mol. The first-order valence-electron chi connectivity index (χ1n) is 10.3. The van der Waals surface area contributed by atoms with Crippen LogP contribution in [0.3, 0.4) is 0 Å². The molecule has 3 N–H and O–H groups in total. The van der Waals surface area contributed by atoms with Crippen molar-refractivity contribution in [2.45, 2.75) is 44.0 Å². The molecule has 164 valence electrons. The van der Waals surface area contributed by atoms with Gasteiger partial charge in [0.2, 0.25) is 10.0 Å². The van der Waals surface area contributed by atoms with Crippen LogP contribution in [-0.2, 0) is 10.0 Å². The molecule has 0 spiro atoms. The van der Waals surface area contributed by atoms with Crippen molar-refractivity contribution in [3.8, 4) is 0 Å². The van der Waals surface area contributed by atoms with Gasteiger partial charge in [-0.05, 0) is 37.3 Å². The molecule has 30 heavy (non-hydrogen) atoms. The van der Waals surface area contributed by atoms with Crippen molar-refractivity contribution < 1.29 is 8.42 Å². The fraction of sp³-hybridized carbons (Fsp3) is 0.550. The van der Waals surface area contributed by atoms with Crippen LogP contribution in [-0.4, -0.2) is 56.1 Å². The van der Waals surface area contributed by atoms with Crippen LogP contribution in [0.4, 0.5) is 17.5 Å². The first-order valence-corrected chi connectivity index (χ1v) is 11.8. The number of hydrogen-bond donors (Lipinski definition) is 3. The zero-order chi connectivity index (χ0) is 21.6. The van der Waals surface area contributed by atoms with E-state index >= 15 is 0 Å². The second kappa shape index (κ2) is 10.0. The number of nitrogens with zero attached hydrogens (tertiary/aromatic N) is 4. The lowest BCUT2D eigenvalue weighted by Crippen LogP contribution is -2.35. The molecule has 1 aliphatic rings. The highest BCUT2D eigenvalue weighted by Crippen LogP contribution is 2.25. The van der Waals surface area contributed by atoms with Crippen LogP contribution < -0.4 is 20.3 Å². The molecule has 0 amide bonds. The monoisotopic (exact) mass is 433 g/mol. The number of sulfonamides is 1. The first-order chi connectivity index (χ1) is 14.4. The van der Waals surface area contributed by atoms with E-state index in [0.29, 0.717) is 24.8 Å². The molecule has 3 rings (SSSR count). The van der Waals surface area contributed by atoms with Gasteiger partial charge in [-0.1, -0.05) is 13.8 Å². The largest absolute Gasteiger partial charge is 0.373 e. The maximum Gasteiger partial charge on any atom is 0.242 e. The normalized spacial score (nSPS) is 16.8. The van der Waals surface area contributed by atoms with Gasteiger partial charge >= 0.3 is 0 Å². The lowest BCUT2D eigenvalue weighted by atomic mass is 10.1. The Balaban J connectivity index is 1.58. The molecule has 1 aliphatic heterocycles. The van der Waals surface area contributed by atoms with E-state index in [2.05, 4.69) is 49.1 Å². The van der Waals surface area contributed by atoms with Gasteiger partial charge in [0.25, 0.3) is 0 Å². The van der Waals surface area contributed by atoms with Gasteiger partial charge in [-0.3, -0.25) is 0 Å². The van der Waals surface area contributed by atoms with Crippen LogP contribution in [0.1, 0.15) is 33.1 Å². The van der Waals surface area contributed by atoms with Gasteiger partial charge in [0.05, 0.1) is 0 Å². The molecule has 0 bridgehead atoms. The molecule has 0 radical (unpaired) electrons. The quantitative estimate of drug-likeness (QED) is 0.523. The molecule has 3 heterocycles. The summed E-state index contributed by atoms with van der Waals surface area (Å²) in [5.41, 5.74) is 0. The minimum atomic E-state index is -3.52. The van der Waals surface area contributed by atoms with Crippen LogP contribution in [0.2, 0.25) is 0 Å². The number of hydrogen-bond acceptors (Lipinski definition) is 8. The Morgan fingerprint density at radius 3 is 2.73 bits per heavy atom. The fourth-order valence-electron chi connectivity index (χ4n) is 3.42. The van der Waals surface area contributed by atoms with E-state index in [-0.39, 0.29) is 10.9 Å². The van der Waals surface area contributed by atoms with E-state index in [1.807, 2.05) is 13.1 Å². The van der Waals surface area contributed by atoms with E-state index in [0.717, 1.165) is 37.4 Å². The average Bonchev–Trinajstić information content (AvgIpc) is 3.21. The highest BCUT2D eigenvalue weighted by molar-refractivity contribution is 7.89. The van der Waals surface area contributed by atoms with Crippen LogP contribution in [0.25, 0.3) is 0 Å². The standard InChI is InChI=1S/C20H31N7O2S/c1-15(2)8-9-26-30(28,29)17-6-7-18(23-13-17)22-12-16-5-4-10-27(16)20-11-19(21-3)24-14-25-20/h6-7,11,13-16,26H,4-5,8-10,12H2,1-3H3,(H,22,23)(H,21,24,25). The number of nitrogens with one attached hydrogen (secondary N) is 3. The average molecular weight is 434 g/mol. The molecule has 0 aliphatic carbocycles. The third-order valence-electron chi connectivity index (χ3n) is 5.16. The smallest absolute Gasteiger partial charge is 0.242 e. The molecule has 0 saturated carbocycles. The number of pyridine rings is 1. The van der Waals surface area contributed by atoms with Crippen molar-refractivity contribution in [3.05, 3.63) is 30.7 Å². The summed E-state index contributed by atoms with van der Waals surface area (Å²) in [6, 6.07) is 5.53. The second-order valence-corrected chi connectivity index (χ2v) is 9.61. The van der Waals surface area contributed by atoms with Crippen LogP contribution in [0.15, 0.2) is 35.6 Å². The Hall–Kier alpha value is -2.46. The SMILES string of the molecule is CNc1cc(N2CCCC2CNc2ccc(S(=O)(=O)NCCC(C)C)cn2)ncn1. The number of aromatic nitrogens is 3. The molecule has 2 aromatic heterocycles. The minimum Gasteiger partial charge on any atom is -0.373 e. The lowest BCUT2D eigenvalue weighted by Gasteiger charge is -2.26. The van der Waals surface area contributed by atoms with Gasteiger partial charge in [0.15, 0.2) is 0 Å². The summed E-state index contributed by atoms with van der Waals surface area (Å²) in [4.78, 5) is 15.3. The summed E-state index contributed by atoms with van der Waals surface area (Å²) in [7, 11) is -1.69. The Bertz CT molecular complexity index is 919. The highest BCUT2D eigenvalue weighted by atomic mass is 32.2. The van der Waals surface area contributed by atoms with Crippen LogP contribution >= 0.6 is 0 Å². The van der Waals surface area contributed by atoms with E-state index < -0.39 is 10.0 Å². The summed E-state index contributed by atoms with van der Waals surface area (Å²) >= 11 is 0. The van der Waals surface area contributed by atoms with Gasteiger partial charge in [-0.25, -0.2) is 28.1 Å². The first kappa shape index (κ1) is 22.2. The minimum absolute atomic E-state index is 0.180. The molecule has 1 atom stereocenters. The predicted octanol–water partition coefficient (Wildman–Crippen LogP) is 2.32. The van der Waals surface area contributed by atoms with E-state index in [1.165, 1.54) is 6.20 Å². The van der Waals surface area contributed by atoms with Gasteiger partial charge in [-0.2, -0.15) is 0 Å². The summed E-state index contributed by atoms with van der Waals surface area (Å²) < 4.78 is 27.3. The maximum atomic E-state index is 12.3. The summed E-state index contributed by atoms with van der Waals surface area (Å²) in [6.45, 7) is 6.19. The second-order valence-electron chi connectivity index (χ2n) is 7.84. The zero-order valence-electron chi connectivity index (χ0n) is 17.8. The van der Waals surface area contributed by atoms with Gasteiger partial charge in [0.1, 0.15) is 28.7 Å². The third-order valence-corrected chi connectivity index (χ3v) is 6.61. The number of anilines is 3. The van der Waals surface area contributed by atoms with Crippen molar-refractivity contribution in [2.75, 3.05) is 42.2 Å². The molecular formula is C20H31N7O2S. The van der Waals surface area contributed by atoms with Gasteiger partial charge < -0.3 is 15.5 Å². The molecule has 1 unspecified atom stereocenters. The van der Waals surface area contributed by atoms with Crippen LogP contribution in [0, 0.1) is 5.92 Å². The predicted molar refractivity (Wildman–Crippen MR) is 119 cm³/mol. The topological polar surface area (TPSA) is 112 Å².